The van der Waals surface area contributed by atoms with Crippen molar-refractivity contribution < 1.29 is 9.53 Å². The fourth-order valence-electron chi connectivity index (χ4n) is 2.06. The van der Waals surface area contributed by atoms with Crippen LogP contribution < -0.4 is 5.32 Å². The maximum atomic E-state index is 11.6. The molecule has 0 aromatic rings. The monoisotopic (exact) mass is 225 g/mol. The van der Waals surface area contributed by atoms with Crippen LogP contribution in [0.15, 0.2) is 12.2 Å². The molecule has 0 amide bonds. The Morgan fingerprint density at radius 1 is 1.56 bits per heavy atom. The third-order valence-corrected chi connectivity index (χ3v) is 2.86. The minimum atomic E-state index is -0.169. The zero-order valence-electron chi connectivity index (χ0n) is 10.5. The average Bonchev–Trinajstić information content (AvgIpc) is 2.28. The van der Waals surface area contributed by atoms with E-state index >= 15 is 0 Å². The van der Waals surface area contributed by atoms with Gasteiger partial charge in [-0.25, -0.2) is 0 Å². The lowest BCUT2D eigenvalue weighted by molar-refractivity contribution is -0.143. The summed E-state index contributed by atoms with van der Waals surface area (Å²) in [6.45, 7) is 4.24. The molecule has 0 aromatic carbocycles. The predicted octanol–water partition coefficient (Wildman–Crippen LogP) is 2.27. The Balaban J connectivity index is 2.51. The first kappa shape index (κ1) is 13.2. The van der Waals surface area contributed by atoms with Gasteiger partial charge in [-0.3, -0.25) is 10.1 Å². The first-order valence-electron chi connectivity index (χ1n) is 6.14. The second-order valence-electron chi connectivity index (χ2n) is 4.84. The largest absolute Gasteiger partial charge is 0.468 e. The summed E-state index contributed by atoms with van der Waals surface area (Å²) >= 11 is 0. The minimum Gasteiger partial charge on any atom is -0.468 e. The summed E-state index contributed by atoms with van der Waals surface area (Å²) in [5.74, 6) is 0.344. The van der Waals surface area contributed by atoms with Crippen molar-refractivity contribution in [2.24, 2.45) is 5.92 Å². The smallest absolute Gasteiger partial charge is 0.322 e. The molecule has 0 heterocycles. The summed E-state index contributed by atoms with van der Waals surface area (Å²) in [5, 5.41) is 3.38. The molecule has 1 rings (SSSR count). The van der Waals surface area contributed by atoms with Gasteiger partial charge in [0.2, 0.25) is 0 Å². The molecule has 0 saturated heterocycles. The lowest BCUT2D eigenvalue weighted by atomic mass is 9.99. The van der Waals surface area contributed by atoms with E-state index in [0.29, 0.717) is 12.0 Å². The van der Waals surface area contributed by atoms with Gasteiger partial charge in [-0.2, -0.15) is 0 Å². The fourth-order valence-corrected chi connectivity index (χ4v) is 2.06. The van der Waals surface area contributed by atoms with Crippen molar-refractivity contribution in [3.63, 3.8) is 0 Å². The van der Waals surface area contributed by atoms with Crippen molar-refractivity contribution in [3.8, 4) is 0 Å². The lowest BCUT2D eigenvalue weighted by Gasteiger charge is -2.25. The SMILES string of the molecule is COC(=O)C(CC(C)C)NC1C=CCCC1. The third-order valence-electron chi connectivity index (χ3n) is 2.86. The van der Waals surface area contributed by atoms with Gasteiger partial charge in [0.15, 0.2) is 0 Å². The van der Waals surface area contributed by atoms with Gasteiger partial charge in [-0.1, -0.05) is 26.0 Å². The molecule has 2 unspecified atom stereocenters. The lowest BCUT2D eigenvalue weighted by Crippen LogP contribution is -2.44. The maximum Gasteiger partial charge on any atom is 0.322 e. The Labute approximate surface area is 98.2 Å². The van der Waals surface area contributed by atoms with Gasteiger partial charge in [0.05, 0.1) is 7.11 Å². The van der Waals surface area contributed by atoms with Gasteiger partial charge in [0.25, 0.3) is 0 Å². The predicted molar refractivity (Wildman–Crippen MR) is 65.2 cm³/mol. The summed E-state index contributed by atoms with van der Waals surface area (Å²) in [4.78, 5) is 11.6. The van der Waals surface area contributed by atoms with E-state index in [9.17, 15) is 4.79 Å². The number of carbonyl (C=O) groups excluding carboxylic acids is 1. The number of rotatable bonds is 5. The van der Waals surface area contributed by atoms with Crippen LogP contribution in [0.2, 0.25) is 0 Å². The average molecular weight is 225 g/mol. The van der Waals surface area contributed by atoms with Crippen molar-refractivity contribution in [3.05, 3.63) is 12.2 Å². The molecule has 0 aromatic heterocycles. The Kier molecular flexibility index (Phi) is 5.53. The molecule has 2 atom stereocenters. The van der Waals surface area contributed by atoms with Gasteiger partial charge in [-0.05, 0) is 31.6 Å². The quantitative estimate of drug-likeness (QED) is 0.576. The number of methoxy groups -OCH3 is 1. The van der Waals surface area contributed by atoms with Crippen LogP contribution in [-0.2, 0) is 9.53 Å². The van der Waals surface area contributed by atoms with Gasteiger partial charge in [-0.15, -0.1) is 0 Å². The molecule has 1 aliphatic rings. The molecular weight excluding hydrogens is 202 g/mol. The van der Waals surface area contributed by atoms with E-state index in [-0.39, 0.29) is 12.0 Å². The Hall–Kier alpha value is -0.830. The molecule has 0 radical (unpaired) electrons. The van der Waals surface area contributed by atoms with Crippen molar-refractivity contribution in [1.82, 2.24) is 5.32 Å². The Bertz CT molecular complexity index is 248. The number of nitrogens with one attached hydrogen (secondary N) is 1. The minimum absolute atomic E-state index is 0.146. The van der Waals surface area contributed by atoms with Crippen LogP contribution >= 0.6 is 0 Å². The van der Waals surface area contributed by atoms with Gasteiger partial charge >= 0.3 is 5.97 Å². The van der Waals surface area contributed by atoms with Crippen LogP contribution in [0.5, 0.6) is 0 Å². The Morgan fingerprint density at radius 3 is 2.81 bits per heavy atom. The van der Waals surface area contributed by atoms with Crippen LogP contribution in [0.3, 0.4) is 0 Å². The van der Waals surface area contributed by atoms with Crippen molar-refractivity contribution >= 4 is 5.97 Å². The van der Waals surface area contributed by atoms with Crippen LogP contribution in [0.1, 0.15) is 39.5 Å². The highest BCUT2D eigenvalue weighted by atomic mass is 16.5. The highest BCUT2D eigenvalue weighted by molar-refractivity contribution is 5.75. The molecule has 3 heteroatoms. The summed E-state index contributed by atoms with van der Waals surface area (Å²) in [7, 11) is 1.45. The zero-order chi connectivity index (χ0) is 12.0. The molecule has 1 aliphatic carbocycles. The molecule has 0 bridgehead atoms. The number of esters is 1. The standard InChI is InChI=1S/C13H23NO2/c1-10(2)9-12(13(15)16-3)14-11-7-5-4-6-8-11/h5,7,10-12,14H,4,6,8-9H2,1-3H3. The molecule has 0 spiro atoms. The highest BCUT2D eigenvalue weighted by Gasteiger charge is 2.23. The van der Waals surface area contributed by atoms with Crippen LogP contribution in [0.4, 0.5) is 0 Å². The van der Waals surface area contributed by atoms with Gasteiger partial charge < -0.3 is 4.74 Å². The summed E-state index contributed by atoms with van der Waals surface area (Å²) in [5.41, 5.74) is 0. The van der Waals surface area contributed by atoms with E-state index in [1.807, 2.05) is 0 Å². The first-order chi connectivity index (χ1) is 7.63. The number of carbonyl (C=O) groups is 1. The molecule has 0 fully saturated rings. The second-order valence-corrected chi connectivity index (χ2v) is 4.84. The molecule has 0 saturated carbocycles. The summed E-state index contributed by atoms with van der Waals surface area (Å²) in [6.07, 6.45) is 8.65. The molecule has 3 nitrogen and oxygen atoms in total. The van der Waals surface area contributed by atoms with E-state index in [1.54, 1.807) is 0 Å². The molecular formula is C13H23NO2. The first-order valence-corrected chi connectivity index (χ1v) is 6.14. The number of ether oxygens (including phenoxy) is 1. The van der Waals surface area contributed by atoms with Crippen molar-refractivity contribution in [1.29, 1.82) is 0 Å². The van der Waals surface area contributed by atoms with E-state index < -0.39 is 0 Å². The normalized spacial score (nSPS) is 22.1. The highest BCUT2D eigenvalue weighted by Crippen LogP contribution is 2.13. The van der Waals surface area contributed by atoms with E-state index in [0.717, 1.165) is 19.3 Å². The molecule has 16 heavy (non-hydrogen) atoms. The number of allylic oxidation sites excluding steroid dienone is 1. The Morgan fingerprint density at radius 2 is 2.31 bits per heavy atom. The molecule has 1 N–H and O–H groups in total. The van der Waals surface area contributed by atoms with Crippen molar-refractivity contribution in [2.75, 3.05) is 7.11 Å². The maximum absolute atomic E-state index is 11.6. The third kappa shape index (κ3) is 4.35. The fraction of sp³-hybridized carbons (Fsp3) is 0.769. The molecule has 92 valence electrons. The second kappa shape index (κ2) is 6.69. The van der Waals surface area contributed by atoms with E-state index in [1.165, 1.54) is 13.5 Å². The van der Waals surface area contributed by atoms with Crippen LogP contribution in [0.25, 0.3) is 0 Å². The van der Waals surface area contributed by atoms with Gasteiger partial charge in [0.1, 0.15) is 6.04 Å². The molecule has 0 aliphatic heterocycles. The summed E-state index contributed by atoms with van der Waals surface area (Å²) < 4.78 is 4.83. The van der Waals surface area contributed by atoms with Gasteiger partial charge in [0, 0.05) is 6.04 Å². The number of hydrogen-bond donors (Lipinski definition) is 1. The van der Waals surface area contributed by atoms with Crippen molar-refractivity contribution in [2.45, 2.75) is 51.6 Å². The zero-order valence-corrected chi connectivity index (χ0v) is 10.5. The van der Waals surface area contributed by atoms with Crippen LogP contribution in [-0.4, -0.2) is 25.2 Å². The van der Waals surface area contributed by atoms with E-state index in [4.69, 9.17) is 4.74 Å². The van der Waals surface area contributed by atoms with Crippen LogP contribution in [0, 0.1) is 5.92 Å². The number of hydrogen-bond acceptors (Lipinski definition) is 3. The summed E-state index contributed by atoms with van der Waals surface area (Å²) in [6, 6.07) is 0.161. The van der Waals surface area contributed by atoms with E-state index in [2.05, 4.69) is 31.3 Å². The topological polar surface area (TPSA) is 38.3 Å².